The van der Waals surface area contributed by atoms with Crippen molar-refractivity contribution in [1.82, 2.24) is 0 Å². The van der Waals surface area contributed by atoms with E-state index in [1.807, 2.05) is 0 Å². The molecule has 25 heavy (non-hydrogen) atoms. The fourth-order valence-corrected chi connectivity index (χ4v) is 2.13. The molecule has 2 aromatic rings. The maximum absolute atomic E-state index is 12.9. The molecule has 0 aromatic heterocycles. The number of esters is 1. The smallest absolute Gasteiger partial charge is 0.418 e. The molecule has 0 aliphatic rings. The van der Waals surface area contributed by atoms with E-state index in [1.54, 1.807) is 25.1 Å². The first kappa shape index (κ1) is 18.5. The van der Waals surface area contributed by atoms with Gasteiger partial charge in [0.2, 0.25) is 0 Å². The van der Waals surface area contributed by atoms with E-state index in [4.69, 9.17) is 4.74 Å². The Bertz CT molecular complexity index is 787. The number of carbonyl (C=O) groups excluding carboxylic acids is 2. The number of nitrogens with one attached hydrogen (secondary N) is 1. The molecule has 2 rings (SSSR count). The van der Waals surface area contributed by atoms with Crippen LogP contribution in [-0.2, 0) is 15.7 Å². The molecule has 0 fully saturated rings. The molecule has 1 amide bonds. The van der Waals surface area contributed by atoms with E-state index in [1.165, 1.54) is 25.1 Å². The van der Waals surface area contributed by atoms with Crippen LogP contribution in [0.5, 0.6) is 0 Å². The van der Waals surface area contributed by atoms with Crippen molar-refractivity contribution in [1.29, 1.82) is 0 Å². The first-order chi connectivity index (χ1) is 11.7. The molecule has 0 radical (unpaired) electrons. The van der Waals surface area contributed by atoms with Crippen LogP contribution in [0.2, 0.25) is 0 Å². The van der Waals surface area contributed by atoms with Crippen LogP contribution in [0, 0.1) is 6.92 Å². The maximum atomic E-state index is 12.9. The van der Waals surface area contributed by atoms with E-state index in [0.717, 1.165) is 17.7 Å². The molecule has 0 saturated carbocycles. The van der Waals surface area contributed by atoms with Crippen LogP contribution in [0.15, 0.2) is 48.5 Å². The Morgan fingerprint density at radius 2 is 1.76 bits per heavy atom. The summed E-state index contributed by atoms with van der Waals surface area (Å²) in [5.74, 6) is -1.58. The Morgan fingerprint density at radius 3 is 2.40 bits per heavy atom. The van der Waals surface area contributed by atoms with Crippen LogP contribution in [0.1, 0.15) is 28.4 Å². The SMILES string of the molecule is Cc1cccc(C(=O)O[C@@H](C)C(=O)Nc2ccccc2C(F)(F)F)c1. The van der Waals surface area contributed by atoms with Gasteiger partial charge in [-0.3, -0.25) is 4.79 Å². The molecule has 0 aliphatic carbocycles. The summed E-state index contributed by atoms with van der Waals surface area (Å²) in [5.41, 5.74) is -0.264. The standard InChI is InChI=1S/C18H16F3NO3/c1-11-6-5-7-13(10-11)17(24)25-12(2)16(23)22-15-9-4-3-8-14(15)18(19,20)21/h3-10,12H,1-2H3,(H,22,23)/t12-/m0/s1. The molecule has 0 heterocycles. The van der Waals surface area contributed by atoms with Crippen molar-refractivity contribution in [3.63, 3.8) is 0 Å². The summed E-state index contributed by atoms with van der Waals surface area (Å²) >= 11 is 0. The van der Waals surface area contributed by atoms with E-state index < -0.39 is 35.4 Å². The zero-order valence-corrected chi connectivity index (χ0v) is 13.6. The quantitative estimate of drug-likeness (QED) is 0.840. The largest absolute Gasteiger partial charge is 0.449 e. The molecule has 1 atom stereocenters. The molecule has 1 N–H and O–H groups in total. The first-order valence-electron chi connectivity index (χ1n) is 7.43. The van der Waals surface area contributed by atoms with Gasteiger partial charge in [0.25, 0.3) is 5.91 Å². The summed E-state index contributed by atoms with van der Waals surface area (Å²) in [7, 11) is 0. The third kappa shape index (κ3) is 4.82. The molecule has 7 heteroatoms. The van der Waals surface area contributed by atoms with Gasteiger partial charge in [-0.05, 0) is 38.1 Å². The van der Waals surface area contributed by atoms with Gasteiger partial charge >= 0.3 is 12.1 Å². The summed E-state index contributed by atoms with van der Waals surface area (Å²) in [6.45, 7) is 3.08. The van der Waals surface area contributed by atoms with Gasteiger partial charge in [-0.15, -0.1) is 0 Å². The third-order valence-electron chi connectivity index (χ3n) is 3.40. The summed E-state index contributed by atoms with van der Waals surface area (Å²) in [6, 6.07) is 11.2. The molecule has 0 spiro atoms. The van der Waals surface area contributed by atoms with Gasteiger partial charge in [-0.1, -0.05) is 29.8 Å². The Hall–Kier alpha value is -2.83. The number of amides is 1. The van der Waals surface area contributed by atoms with Crippen molar-refractivity contribution in [2.45, 2.75) is 26.1 Å². The predicted molar refractivity (Wildman–Crippen MR) is 86.1 cm³/mol. The molecule has 2 aromatic carbocycles. The third-order valence-corrected chi connectivity index (χ3v) is 3.40. The number of ether oxygens (including phenoxy) is 1. The zero-order chi connectivity index (χ0) is 18.6. The fourth-order valence-electron chi connectivity index (χ4n) is 2.13. The van der Waals surface area contributed by atoms with Gasteiger partial charge < -0.3 is 10.1 Å². The number of rotatable bonds is 4. The van der Waals surface area contributed by atoms with Crippen molar-refractivity contribution in [2.24, 2.45) is 0 Å². The van der Waals surface area contributed by atoms with Gasteiger partial charge in [-0.2, -0.15) is 13.2 Å². The van der Waals surface area contributed by atoms with E-state index in [-0.39, 0.29) is 5.56 Å². The average Bonchev–Trinajstić information content (AvgIpc) is 2.54. The maximum Gasteiger partial charge on any atom is 0.418 e. The second-order valence-corrected chi connectivity index (χ2v) is 5.45. The predicted octanol–water partition coefficient (Wildman–Crippen LogP) is 4.20. The Kier molecular flexibility index (Phi) is 5.46. The van der Waals surface area contributed by atoms with E-state index in [9.17, 15) is 22.8 Å². The van der Waals surface area contributed by atoms with Crippen LogP contribution in [-0.4, -0.2) is 18.0 Å². The van der Waals surface area contributed by atoms with E-state index in [0.29, 0.717) is 0 Å². The van der Waals surface area contributed by atoms with Crippen molar-refractivity contribution < 1.29 is 27.5 Å². The highest BCUT2D eigenvalue weighted by atomic mass is 19.4. The highest BCUT2D eigenvalue weighted by Gasteiger charge is 2.34. The summed E-state index contributed by atoms with van der Waals surface area (Å²) in [4.78, 5) is 24.1. The van der Waals surface area contributed by atoms with Gasteiger partial charge in [0, 0.05) is 0 Å². The van der Waals surface area contributed by atoms with Gasteiger partial charge in [0.1, 0.15) is 0 Å². The minimum atomic E-state index is -4.61. The molecule has 0 saturated heterocycles. The van der Waals surface area contributed by atoms with Crippen LogP contribution in [0.3, 0.4) is 0 Å². The van der Waals surface area contributed by atoms with Gasteiger partial charge in [-0.25, -0.2) is 4.79 Å². The van der Waals surface area contributed by atoms with Gasteiger partial charge in [0.15, 0.2) is 6.10 Å². The second kappa shape index (κ2) is 7.38. The minimum Gasteiger partial charge on any atom is -0.449 e. The number of anilines is 1. The molecular weight excluding hydrogens is 335 g/mol. The number of hydrogen-bond donors (Lipinski definition) is 1. The average molecular weight is 351 g/mol. The normalized spacial score (nSPS) is 12.4. The number of halogens is 3. The van der Waals surface area contributed by atoms with Crippen molar-refractivity contribution >= 4 is 17.6 Å². The fraction of sp³-hybridized carbons (Fsp3) is 0.222. The van der Waals surface area contributed by atoms with Crippen LogP contribution in [0.25, 0.3) is 0 Å². The molecule has 0 bridgehead atoms. The lowest BCUT2D eigenvalue weighted by Gasteiger charge is -2.17. The summed E-state index contributed by atoms with van der Waals surface area (Å²) < 4.78 is 43.8. The summed E-state index contributed by atoms with van der Waals surface area (Å²) in [6.07, 6.45) is -5.86. The van der Waals surface area contributed by atoms with Crippen LogP contribution < -0.4 is 5.32 Å². The highest BCUT2D eigenvalue weighted by Crippen LogP contribution is 2.34. The molecular formula is C18H16F3NO3. The molecule has 0 aliphatic heterocycles. The Morgan fingerprint density at radius 1 is 1.08 bits per heavy atom. The van der Waals surface area contributed by atoms with E-state index in [2.05, 4.69) is 5.32 Å². The number of para-hydroxylation sites is 1. The lowest BCUT2D eigenvalue weighted by Crippen LogP contribution is -2.30. The number of benzene rings is 2. The topological polar surface area (TPSA) is 55.4 Å². The molecule has 4 nitrogen and oxygen atoms in total. The monoisotopic (exact) mass is 351 g/mol. The van der Waals surface area contributed by atoms with Crippen molar-refractivity contribution in [3.8, 4) is 0 Å². The number of aryl methyl sites for hydroxylation is 1. The van der Waals surface area contributed by atoms with Crippen LogP contribution >= 0.6 is 0 Å². The molecule has 132 valence electrons. The van der Waals surface area contributed by atoms with E-state index >= 15 is 0 Å². The number of carbonyl (C=O) groups is 2. The molecule has 0 unspecified atom stereocenters. The first-order valence-corrected chi connectivity index (χ1v) is 7.43. The second-order valence-electron chi connectivity index (χ2n) is 5.45. The number of hydrogen-bond acceptors (Lipinski definition) is 3. The van der Waals surface area contributed by atoms with Crippen molar-refractivity contribution in [3.05, 3.63) is 65.2 Å². The minimum absolute atomic E-state index is 0.260. The van der Waals surface area contributed by atoms with Gasteiger partial charge in [0.05, 0.1) is 16.8 Å². The lowest BCUT2D eigenvalue weighted by atomic mass is 10.1. The highest BCUT2D eigenvalue weighted by molar-refractivity contribution is 5.97. The lowest BCUT2D eigenvalue weighted by molar-refractivity contribution is -0.137. The van der Waals surface area contributed by atoms with Crippen molar-refractivity contribution in [2.75, 3.05) is 5.32 Å². The zero-order valence-electron chi connectivity index (χ0n) is 13.6. The Balaban J connectivity index is 2.08. The Labute approximate surface area is 142 Å². The summed E-state index contributed by atoms with van der Waals surface area (Å²) in [5, 5.41) is 2.15. The van der Waals surface area contributed by atoms with Crippen LogP contribution in [0.4, 0.5) is 18.9 Å². The number of alkyl halides is 3.